The molecule has 1 aliphatic rings. The van der Waals surface area contributed by atoms with Gasteiger partial charge in [-0.25, -0.2) is 8.42 Å². The van der Waals surface area contributed by atoms with E-state index in [1.807, 2.05) is 0 Å². The Labute approximate surface area is 74.3 Å². The maximum atomic E-state index is 10.8. The lowest BCUT2D eigenvalue weighted by molar-refractivity contribution is 0.562. The molecular weight excluding hydrogens is 174 g/mol. The molecule has 0 saturated heterocycles. The lowest BCUT2D eigenvalue weighted by atomic mass is 10.1. The summed E-state index contributed by atoms with van der Waals surface area (Å²) in [6.07, 6.45) is 5.83. The molecular formula is C8H17NO2S. The van der Waals surface area contributed by atoms with Gasteiger partial charge in [0.25, 0.3) is 0 Å². The third kappa shape index (κ3) is 4.72. The minimum atomic E-state index is -2.88. The van der Waals surface area contributed by atoms with Crippen molar-refractivity contribution in [3.8, 4) is 0 Å². The van der Waals surface area contributed by atoms with Crippen molar-refractivity contribution >= 4 is 9.84 Å². The van der Waals surface area contributed by atoms with E-state index in [4.69, 9.17) is 5.73 Å². The number of sulfone groups is 1. The van der Waals surface area contributed by atoms with Crippen molar-refractivity contribution in [1.82, 2.24) is 0 Å². The molecule has 1 aliphatic carbocycles. The van der Waals surface area contributed by atoms with Gasteiger partial charge in [0.2, 0.25) is 0 Å². The Kier molecular flexibility index (Phi) is 3.12. The average Bonchev–Trinajstić information content (AvgIpc) is 2.61. The van der Waals surface area contributed by atoms with Gasteiger partial charge in [0.05, 0.1) is 5.75 Å². The van der Waals surface area contributed by atoms with Crippen LogP contribution in [0.3, 0.4) is 0 Å². The molecule has 1 rings (SSSR count). The third-order valence-corrected chi connectivity index (χ3v) is 3.19. The van der Waals surface area contributed by atoms with Gasteiger partial charge in [0, 0.05) is 12.3 Å². The van der Waals surface area contributed by atoms with Crippen LogP contribution >= 0.6 is 0 Å². The van der Waals surface area contributed by atoms with E-state index >= 15 is 0 Å². The molecule has 72 valence electrons. The van der Waals surface area contributed by atoms with Crippen molar-refractivity contribution in [3.05, 3.63) is 0 Å². The Morgan fingerprint density at radius 2 is 2.08 bits per heavy atom. The molecule has 0 aromatic carbocycles. The molecule has 0 spiro atoms. The normalized spacial score (nSPS) is 20.8. The van der Waals surface area contributed by atoms with Gasteiger partial charge in [-0.15, -0.1) is 0 Å². The highest BCUT2D eigenvalue weighted by Crippen LogP contribution is 2.33. The molecule has 0 radical (unpaired) electrons. The van der Waals surface area contributed by atoms with Gasteiger partial charge in [-0.1, -0.05) is 12.8 Å². The number of hydrogen-bond donors (Lipinski definition) is 1. The number of rotatable bonds is 5. The third-order valence-electron chi connectivity index (χ3n) is 2.16. The predicted octanol–water partition coefficient (Wildman–Crippen LogP) is 0.548. The predicted molar refractivity (Wildman–Crippen MR) is 49.6 cm³/mol. The molecule has 0 aliphatic heterocycles. The van der Waals surface area contributed by atoms with Crippen LogP contribution in [0.2, 0.25) is 0 Å². The summed E-state index contributed by atoms with van der Waals surface area (Å²) in [7, 11) is -2.88. The summed E-state index contributed by atoms with van der Waals surface area (Å²) < 4.78 is 21.6. The lowest BCUT2D eigenvalue weighted by Gasteiger charge is -2.08. The van der Waals surface area contributed by atoms with Gasteiger partial charge in [-0.2, -0.15) is 0 Å². The Morgan fingerprint density at radius 1 is 1.50 bits per heavy atom. The summed E-state index contributed by atoms with van der Waals surface area (Å²) in [5.74, 6) is 0.982. The summed E-state index contributed by atoms with van der Waals surface area (Å²) in [6, 6.07) is -0.152. The van der Waals surface area contributed by atoms with Crippen LogP contribution in [-0.2, 0) is 9.84 Å². The van der Waals surface area contributed by atoms with Gasteiger partial charge < -0.3 is 5.73 Å². The first-order valence-corrected chi connectivity index (χ1v) is 6.47. The van der Waals surface area contributed by atoms with Gasteiger partial charge in [0.1, 0.15) is 9.84 Å². The van der Waals surface area contributed by atoms with Crippen molar-refractivity contribution < 1.29 is 8.42 Å². The molecule has 4 heteroatoms. The van der Waals surface area contributed by atoms with Crippen LogP contribution in [0.1, 0.15) is 25.7 Å². The highest BCUT2D eigenvalue weighted by molar-refractivity contribution is 7.90. The van der Waals surface area contributed by atoms with E-state index < -0.39 is 9.84 Å². The maximum Gasteiger partial charge on any atom is 0.148 e. The second-order valence-corrected chi connectivity index (χ2v) is 6.06. The largest absolute Gasteiger partial charge is 0.327 e. The molecule has 1 fully saturated rings. The topological polar surface area (TPSA) is 60.2 Å². The number of nitrogens with two attached hydrogens (primary N) is 1. The minimum Gasteiger partial charge on any atom is -0.327 e. The first-order chi connectivity index (χ1) is 5.47. The van der Waals surface area contributed by atoms with Crippen LogP contribution in [0.15, 0.2) is 0 Å². The Balaban J connectivity index is 2.14. The van der Waals surface area contributed by atoms with Crippen molar-refractivity contribution in [2.45, 2.75) is 31.7 Å². The monoisotopic (exact) mass is 191 g/mol. The molecule has 0 bridgehead atoms. The zero-order valence-corrected chi connectivity index (χ0v) is 8.31. The Hall–Kier alpha value is -0.0900. The maximum absolute atomic E-state index is 10.8. The van der Waals surface area contributed by atoms with Gasteiger partial charge >= 0.3 is 0 Å². The first kappa shape index (κ1) is 9.99. The second kappa shape index (κ2) is 3.75. The van der Waals surface area contributed by atoms with Crippen LogP contribution in [0, 0.1) is 5.92 Å². The summed E-state index contributed by atoms with van der Waals surface area (Å²) in [5.41, 5.74) is 5.66. The summed E-state index contributed by atoms with van der Waals surface area (Å²) in [5, 5.41) is 0. The molecule has 0 amide bonds. The fourth-order valence-corrected chi connectivity index (χ4v) is 2.27. The zero-order chi connectivity index (χ0) is 9.19. The minimum absolute atomic E-state index is 0.139. The Morgan fingerprint density at radius 3 is 2.50 bits per heavy atom. The van der Waals surface area contributed by atoms with Crippen LogP contribution in [0.25, 0.3) is 0 Å². The molecule has 0 heterocycles. The van der Waals surface area contributed by atoms with E-state index in [1.54, 1.807) is 0 Å². The average molecular weight is 191 g/mol. The van der Waals surface area contributed by atoms with Crippen LogP contribution < -0.4 is 5.73 Å². The fraction of sp³-hybridized carbons (Fsp3) is 1.00. The van der Waals surface area contributed by atoms with Crippen LogP contribution in [0.5, 0.6) is 0 Å². The van der Waals surface area contributed by atoms with Crippen molar-refractivity contribution in [1.29, 1.82) is 0 Å². The first-order valence-electron chi connectivity index (χ1n) is 4.40. The zero-order valence-electron chi connectivity index (χ0n) is 7.49. The fourth-order valence-electron chi connectivity index (χ4n) is 1.33. The quantitative estimate of drug-likeness (QED) is 0.690. The summed E-state index contributed by atoms with van der Waals surface area (Å²) >= 11 is 0. The van der Waals surface area contributed by atoms with Crippen LogP contribution in [-0.4, -0.2) is 26.5 Å². The van der Waals surface area contributed by atoms with E-state index in [9.17, 15) is 8.42 Å². The molecule has 3 nitrogen and oxygen atoms in total. The molecule has 1 atom stereocenters. The molecule has 0 aromatic rings. The standard InChI is InChI=1S/C8H17NO2S/c1-12(10,11)6-8(9)5-4-7-2-3-7/h7-8H,2-6,9H2,1H3. The molecule has 12 heavy (non-hydrogen) atoms. The SMILES string of the molecule is CS(=O)(=O)CC(N)CCC1CC1. The van der Waals surface area contributed by atoms with E-state index in [-0.39, 0.29) is 11.8 Å². The molecule has 2 N–H and O–H groups in total. The van der Waals surface area contributed by atoms with Gasteiger partial charge in [0.15, 0.2) is 0 Å². The smallest absolute Gasteiger partial charge is 0.148 e. The van der Waals surface area contributed by atoms with Crippen molar-refractivity contribution in [2.24, 2.45) is 11.7 Å². The van der Waals surface area contributed by atoms with E-state index in [0.717, 1.165) is 18.8 Å². The Bertz CT molecular complexity index is 231. The van der Waals surface area contributed by atoms with E-state index in [1.165, 1.54) is 19.1 Å². The highest BCUT2D eigenvalue weighted by atomic mass is 32.2. The van der Waals surface area contributed by atoms with E-state index in [2.05, 4.69) is 0 Å². The van der Waals surface area contributed by atoms with Gasteiger partial charge in [-0.05, 0) is 18.8 Å². The lowest BCUT2D eigenvalue weighted by Crippen LogP contribution is -2.29. The number of hydrogen-bond acceptors (Lipinski definition) is 3. The van der Waals surface area contributed by atoms with Crippen molar-refractivity contribution in [3.63, 3.8) is 0 Å². The van der Waals surface area contributed by atoms with Crippen molar-refractivity contribution in [2.75, 3.05) is 12.0 Å². The molecule has 1 saturated carbocycles. The van der Waals surface area contributed by atoms with Crippen LogP contribution in [0.4, 0.5) is 0 Å². The summed E-state index contributed by atoms with van der Waals surface area (Å²) in [6.45, 7) is 0. The molecule has 1 unspecified atom stereocenters. The molecule has 0 aromatic heterocycles. The van der Waals surface area contributed by atoms with E-state index in [0.29, 0.717) is 0 Å². The summed E-state index contributed by atoms with van der Waals surface area (Å²) in [4.78, 5) is 0. The van der Waals surface area contributed by atoms with Gasteiger partial charge in [-0.3, -0.25) is 0 Å². The second-order valence-electron chi connectivity index (χ2n) is 3.87. The highest BCUT2D eigenvalue weighted by Gasteiger charge is 2.22.